The maximum Gasteiger partial charge on any atom is 0.240 e. The van der Waals surface area contributed by atoms with E-state index < -0.39 is 5.38 Å². The molecule has 1 atom stereocenters. The van der Waals surface area contributed by atoms with Crippen LogP contribution in [-0.4, -0.2) is 38.4 Å². The van der Waals surface area contributed by atoms with Crippen LogP contribution in [0.3, 0.4) is 0 Å². The highest BCUT2D eigenvalue weighted by Crippen LogP contribution is 2.03. The van der Waals surface area contributed by atoms with Crippen molar-refractivity contribution in [1.29, 1.82) is 0 Å². The Balaban J connectivity index is 2.57. The maximum atomic E-state index is 11.4. The van der Waals surface area contributed by atoms with Crippen molar-refractivity contribution in [2.45, 2.75) is 25.8 Å². The molecule has 0 bridgehead atoms. The van der Waals surface area contributed by atoms with Gasteiger partial charge in [0, 0.05) is 7.05 Å². The third-order valence-corrected chi connectivity index (χ3v) is 1.93. The van der Waals surface area contributed by atoms with Crippen molar-refractivity contribution >= 4 is 17.5 Å². The van der Waals surface area contributed by atoms with Gasteiger partial charge in [0.2, 0.25) is 5.91 Å². The minimum atomic E-state index is -0.514. The molecular formula is C8H13ClN4O. The average molecular weight is 217 g/mol. The summed E-state index contributed by atoms with van der Waals surface area (Å²) >= 11 is 5.65. The Labute approximate surface area is 87.5 Å². The van der Waals surface area contributed by atoms with E-state index in [2.05, 4.69) is 15.2 Å². The summed E-state index contributed by atoms with van der Waals surface area (Å²) in [7, 11) is 1.67. The summed E-state index contributed by atoms with van der Waals surface area (Å²) in [6.45, 7) is 3.83. The molecule has 78 valence electrons. The highest BCUT2D eigenvalue weighted by molar-refractivity contribution is 6.30. The summed E-state index contributed by atoms with van der Waals surface area (Å²) in [5, 5.41) is 6.12. The molecule has 0 saturated heterocycles. The lowest BCUT2D eigenvalue weighted by Gasteiger charge is -2.16. The highest BCUT2D eigenvalue weighted by Gasteiger charge is 2.16. The number of hydrogen-bond donors (Lipinski definition) is 1. The molecule has 14 heavy (non-hydrogen) atoms. The number of halogens is 1. The number of nitrogens with one attached hydrogen (secondary N) is 1. The third-order valence-electron chi connectivity index (χ3n) is 1.74. The quantitative estimate of drug-likeness (QED) is 0.757. The molecule has 0 aliphatic carbocycles. The van der Waals surface area contributed by atoms with E-state index in [1.165, 1.54) is 4.90 Å². The fourth-order valence-corrected chi connectivity index (χ4v) is 1.22. The van der Waals surface area contributed by atoms with E-state index in [4.69, 9.17) is 11.6 Å². The number of rotatable bonds is 3. The number of H-pyrrole nitrogens is 1. The molecule has 5 nitrogen and oxygen atoms in total. The fourth-order valence-electron chi connectivity index (χ4n) is 1.05. The molecule has 1 amide bonds. The molecule has 0 aliphatic rings. The monoisotopic (exact) mass is 216 g/mol. The van der Waals surface area contributed by atoms with Gasteiger partial charge in [-0.15, -0.1) is 11.6 Å². The second-order valence-electron chi connectivity index (χ2n) is 3.15. The first-order valence-corrected chi connectivity index (χ1v) is 4.71. The van der Waals surface area contributed by atoms with Crippen molar-refractivity contribution < 1.29 is 4.79 Å². The first kappa shape index (κ1) is 11.0. The van der Waals surface area contributed by atoms with E-state index in [1.54, 1.807) is 14.0 Å². The smallest absolute Gasteiger partial charge is 0.240 e. The zero-order chi connectivity index (χ0) is 10.7. The number of aromatic amines is 1. The molecule has 0 aliphatic heterocycles. The van der Waals surface area contributed by atoms with Gasteiger partial charge < -0.3 is 4.90 Å². The van der Waals surface area contributed by atoms with Crippen LogP contribution in [0, 0.1) is 6.92 Å². The highest BCUT2D eigenvalue weighted by atomic mass is 35.5. The van der Waals surface area contributed by atoms with Crippen LogP contribution >= 0.6 is 11.6 Å². The van der Waals surface area contributed by atoms with Gasteiger partial charge in [-0.25, -0.2) is 4.98 Å². The molecule has 0 radical (unpaired) electrons. The van der Waals surface area contributed by atoms with E-state index in [0.29, 0.717) is 12.4 Å². The van der Waals surface area contributed by atoms with Crippen LogP contribution in [0.15, 0.2) is 0 Å². The normalized spacial score (nSPS) is 12.6. The zero-order valence-electron chi connectivity index (χ0n) is 8.41. The predicted octanol–water partition coefficient (Wildman–Crippen LogP) is 0.699. The summed E-state index contributed by atoms with van der Waals surface area (Å²) in [4.78, 5) is 17.0. The first-order chi connectivity index (χ1) is 6.50. The van der Waals surface area contributed by atoms with E-state index >= 15 is 0 Å². The van der Waals surface area contributed by atoms with Gasteiger partial charge in [0.15, 0.2) is 5.82 Å². The van der Waals surface area contributed by atoms with Crippen LogP contribution in [0.2, 0.25) is 0 Å². The van der Waals surface area contributed by atoms with Crippen molar-refractivity contribution in [2.75, 3.05) is 7.05 Å². The Hall–Kier alpha value is -1.10. The number of carbonyl (C=O) groups excluding carboxylic acids is 1. The Morgan fingerprint density at radius 3 is 2.79 bits per heavy atom. The van der Waals surface area contributed by atoms with Crippen LogP contribution < -0.4 is 0 Å². The van der Waals surface area contributed by atoms with Gasteiger partial charge in [0.05, 0.1) is 6.54 Å². The Morgan fingerprint density at radius 2 is 2.36 bits per heavy atom. The molecule has 0 fully saturated rings. The molecule has 1 heterocycles. The van der Waals surface area contributed by atoms with Gasteiger partial charge in [-0.1, -0.05) is 0 Å². The second-order valence-corrected chi connectivity index (χ2v) is 3.80. The molecule has 1 unspecified atom stereocenters. The van der Waals surface area contributed by atoms with Crippen molar-refractivity contribution in [1.82, 2.24) is 20.1 Å². The maximum absolute atomic E-state index is 11.4. The van der Waals surface area contributed by atoms with Gasteiger partial charge in [-0.05, 0) is 13.8 Å². The van der Waals surface area contributed by atoms with Crippen LogP contribution in [0.1, 0.15) is 18.6 Å². The molecule has 1 aromatic rings. The summed E-state index contributed by atoms with van der Waals surface area (Å²) in [5.74, 6) is 1.20. The molecule has 0 spiro atoms. The molecule has 1 N–H and O–H groups in total. The van der Waals surface area contributed by atoms with Crippen LogP contribution in [0.4, 0.5) is 0 Å². The summed E-state index contributed by atoms with van der Waals surface area (Å²) < 4.78 is 0. The standard InChI is InChI=1S/C8H13ClN4O/c1-5(9)8(14)13(3)4-7-10-6(2)11-12-7/h5H,4H2,1-3H3,(H,10,11,12). The first-order valence-electron chi connectivity index (χ1n) is 4.27. The largest absolute Gasteiger partial charge is 0.337 e. The van der Waals surface area contributed by atoms with Crippen molar-refractivity contribution in [3.8, 4) is 0 Å². The lowest BCUT2D eigenvalue weighted by atomic mass is 10.4. The van der Waals surface area contributed by atoms with E-state index in [9.17, 15) is 4.79 Å². The number of carbonyl (C=O) groups is 1. The van der Waals surface area contributed by atoms with E-state index in [1.807, 2.05) is 6.92 Å². The Morgan fingerprint density at radius 1 is 1.71 bits per heavy atom. The van der Waals surface area contributed by atoms with Crippen LogP contribution in [0.5, 0.6) is 0 Å². The Kier molecular flexibility index (Phi) is 3.46. The third kappa shape index (κ3) is 2.70. The van der Waals surface area contributed by atoms with Gasteiger partial charge >= 0.3 is 0 Å². The Bertz CT molecular complexity index is 323. The fraction of sp³-hybridized carbons (Fsp3) is 0.625. The van der Waals surface area contributed by atoms with E-state index in [-0.39, 0.29) is 5.91 Å². The lowest BCUT2D eigenvalue weighted by molar-refractivity contribution is -0.129. The number of alkyl halides is 1. The zero-order valence-corrected chi connectivity index (χ0v) is 9.17. The number of nitrogens with zero attached hydrogens (tertiary/aromatic N) is 3. The van der Waals surface area contributed by atoms with Gasteiger partial charge in [0.1, 0.15) is 11.2 Å². The average Bonchev–Trinajstić information content (AvgIpc) is 2.49. The minimum absolute atomic E-state index is 0.130. The van der Waals surface area contributed by atoms with Crippen molar-refractivity contribution in [3.05, 3.63) is 11.6 Å². The van der Waals surface area contributed by atoms with Crippen molar-refractivity contribution in [3.63, 3.8) is 0 Å². The number of amides is 1. The number of hydrogen-bond acceptors (Lipinski definition) is 3. The molecule has 6 heteroatoms. The topological polar surface area (TPSA) is 61.9 Å². The number of aromatic nitrogens is 3. The van der Waals surface area contributed by atoms with Crippen LogP contribution in [-0.2, 0) is 11.3 Å². The lowest BCUT2D eigenvalue weighted by Crippen LogP contribution is -2.32. The molecule has 1 rings (SSSR count). The van der Waals surface area contributed by atoms with E-state index in [0.717, 1.165) is 5.82 Å². The SMILES string of the molecule is Cc1nc(CN(C)C(=O)C(C)Cl)n[nH]1. The summed E-state index contributed by atoms with van der Waals surface area (Å²) in [6.07, 6.45) is 0. The summed E-state index contributed by atoms with van der Waals surface area (Å²) in [5.41, 5.74) is 0. The number of aryl methyl sites for hydroxylation is 1. The molecule has 0 aromatic carbocycles. The summed E-state index contributed by atoms with van der Waals surface area (Å²) in [6, 6.07) is 0. The predicted molar refractivity (Wildman–Crippen MR) is 52.9 cm³/mol. The van der Waals surface area contributed by atoms with Gasteiger partial charge in [-0.2, -0.15) is 5.10 Å². The minimum Gasteiger partial charge on any atom is -0.337 e. The molecular weight excluding hydrogens is 204 g/mol. The molecule has 0 saturated carbocycles. The molecule has 1 aromatic heterocycles. The van der Waals surface area contributed by atoms with Crippen molar-refractivity contribution in [2.24, 2.45) is 0 Å². The van der Waals surface area contributed by atoms with Crippen LogP contribution in [0.25, 0.3) is 0 Å². The van der Waals surface area contributed by atoms with Gasteiger partial charge in [0.25, 0.3) is 0 Å². The van der Waals surface area contributed by atoms with Gasteiger partial charge in [-0.3, -0.25) is 9.89 Å². The second kappa shape index (κ2) is 4.41.